The second-order valence-electron chi connectivity index (χ2n) is 4.80. The SMILES string of the molecule is CC1CC(C)(C)c2cccc(N)c21.Cl. The van der Waals surface area contributed by atoms with Gasteiger partial charge in [0.1, 0.15) is 0 Å². The Hall–Kier alpha value is -0.690. The van der Waals surface area contributed by atoms with Crippen molar-refractivity contribution in [2.45, 2.75) is 38.5 Å². The fraction of sp³-hybridized carbons (Fsp3) is 0.500. The molecule has 0 bridgehead atoms. The first-order valence-corrected chi connectivity index (χ1v) is 4.91. The summed E-state index contributed by atoms with van der Waals surface area (Å²) in [4.78, 5) is 0. The first kappa shape index (κ1) is 11.4. The van der Waals surface area contributed by atoms with Gasteiger partial charge in [0, 0.05) is 5.69 Å². The molecule has 2 N–H and O–H groups in total. The molecular weight excluding hydrogens is 194 g/mol. The minimum atomic E-state index is 0. The average molecular weight is 212 g/mol. The van der Waals surface area contributed by atoms with Crippen molar-refractivity contribution in [2.24, 2.45) is 0 Å². The molecule has 1 aromatic carbocycles. The molecule has 14 heavy (non-hydrogen) atoms. The topological polar surface area (TPSA) is 26.0 Å². The molecule has 78 valence electrons. The van der Waals surface area contributed by atoms with Crippen LogP contribution in [0.15, 0.2) is 18.2 Å². The molecule has 0 radical (unpaired) electrons. The van der Waals surface area contributed by atoms with E-state index < -0.39 is 0 Å². The summed E-state index contributed by atoms with van der Waals surface area (Å²) in [6.07, 6.45) is 1.22. The number of benzene rings is 1. The van der Waals surface area contributed by atoms with Crippen LogP contribution in [0.4, 0.5) is 5.69 Å². The molecule has 0 amide bonds. The highest BCUT2D eigenvalue weighted by Gasteiger charge is 2.35. The molecule has 0 spiro atoms. The largest absolute Gasteiger partial charge is 0.398 e. The molecule has 1 aliphatic rings. The van der Waals surface area contributed by atoms with Crippen molar-refractivity contribution in [2.75, 3.05) is 5.73 Å². The molecule has 0 saturated carbocycles. The summed E-state index contributed by atoms with van der Waals surface area (Å²) in [6, 6.07) is 6.29. The van der Waals surface area contributed by atoms with Crippen molar-refractivity contribution in [3.05, 3.63) is 29.3 Å². The quantitative estimate of drug-likeness (QED) is 0.654. The third-order valence-corrected chi connectivity index (χ3v) is 3.18. The Morgan fingerprint density at radius 2 is 2.00 bits per heavy atom. The molecule has 1 aliphatic carbocycles. The zero-order chi connectivity index (χ0) is 9.64. The van der Waals surface area contributed by atoms with E-state index in [9.17, 15) is 0 Å². The molecule has 1 aromatic rings. The van der Waals surface area contributed by atoms with Crippen molar-refractivity contribution in [3.8, 4) is 0 Å². The van der Waals surface area contributed by atoms with Crippen LogP contribution in [-0.4, -0.2) is 0 Å². The summed E-state index contributed by atoms with van der Waals surface area (Å²) in [6.45, 7) is 6.87. The third kappa shape index (κ3) is 1.50. The Kier molecular flexibility index (Phi) is 2.82. The van der Waals surface area contributed by atoms with Crippen LogP contribution in [0.2, 0.25) is 0 Å². The summed E-state index contributed by atoms with van der Waals surface area (Å²) in [5, 5.41) is 0. The molecule has 0 aromatic heterocycles. The fourth-order valence-electron chi connectivity index (χ4n) is 2.70. The smallest absolute Gasteiger partial charge is 0.0352 e. The zero-order valence-electron chi connectivity index (χ0n) is 9.00. The van der Waals surface area contributed by atoms with E-state index in [-0.39, 0.29) is 12.4 Å². The maximum atomic E-state index is 5.98. The van der Waals surface area contributed by atoms with Crippen molar-refractivity contribution in [3.63, 3.8) is 0 Å². The predicted molar refractivity (Wildman–Crippen MR) is 64.2 cm³/mol. The van der Waals surface area contributed by atoms with Gasteiger partial charge in [0.15, 0.2) is 0 Å². The average Bonchev–Trinajstić information content (AvgIpc) is 2.24. The molecule has 2 heteroatoms. The minimum Gasteiger partial charge on any atom is -0.398 e. The van der Waals surface area contributed by atoms with E-state index in [0.29, 0.717) is 11.3 Å². The van der Waals surface area contributed by atoms with Gasteiger partial charge in [-0.05, 0) is 34.9 Å². The molecular formula is C12H18ClN. The third-order valence-electron chi connectivity index (χ3n) is 3.18. The lowest BCUT2D eigenvalue weighted by molar-refractivity contribution is 0.489. The standard InChI is InChI=1S/C12H17N.ClH/c1-8-7-12(2,3)9-5-4-6-10(13)11(8)9;/h4-6,8H,7,13H2,1-3H3;1H. The van der Waals surface area contributed by atoms with Gasteiger partial charge >= 0.3 is 0 Å². The lowest BCUT2D eigenvalue weighted by Gasteiger charge is -2.18. The lowest BCUT2D eigenvalue weighted by Crippen LogP contribution is -2.11. The van der Waals surface area contributed by atoms with E-state index in [1.807, 2.05) is 6.07 Å². The highest BCUT2D eigenvalue weighted by molar-refractivity contribution is 5.85. The second-order valence-corrected chi connectivity index (χ2v) is 4.80. The number of rotatable bonds is 0. The minimum absolute atomic E-state index is 0. The molecule has 0 fully saturated rings. The Balaban J connectivity index is 0.000000980. The van der Waals surface area contributed by atoms with E-state index in [1.54, 1.807) is 0 Å². The number of halogens is 1. The van der Waals surface area contributed by atoms with Crippen LogP contribution in [0, 0.1) is 0 Å². The van der Waals surface area contributed by atoms with Crippen LogP contribution in [0.3, 0.4) is 0 Å². The van der Waals surface area contributed by atoms with Gasteiger partial charge in [0.25, 0.3) is 0 Å². The van der Waals surface area contributed by atoms with Crippen LogP contribution in [-0.2, 0) is 5.41 Å². The van der Waals surface area contributed by atoms with Crippen molar-refractivity contribution < 1.29 is 0 Å². The number of anilines is 1. The highest BCUT2D eigenvalue weighted by Crippen LogP contribution is 2.47. The van der Waals surface area contributed by atoms with Gasteiger partial charge in [-0.2, -0.15) is 0 Å². The summed E-state index contributed by atoms with van der Waals surface area (Å²) >= 11 is 0. The Morgan fingerprint density at radius 1 is 1.36 bits per heavy atom. The maximum Gasteiger partial charge on any atom is 0.0352 e. The van der Waals surface area contributed by atoms with Gasteiger partial charge in [-0.1, -0.05) is 32.9 Å². The van der Waals surface area contributed by atoms with Crippen molar-refractivity contribution >= 4 is 18.1 Å². The van der Waals surface area contributed by atoms with E-state index in [1.165, 1.54) is 17.5 Å². The zero-order valence-corrected chi connectivity index (χ0v) is 9.82. The van der Waals surface area contributed by atoms with Crippen molar-refractivity contribution in [1.29, 1.82) is 0 Å². The first-order chi connectivity index (χ1) is 6.02. The number of nitrogens with two attached hydrogens (primary N) is 1. The first-order valence-electron chi connectivity index (χ1n) is 4.91. The lowest BCUT2D eigenvalue weighted by atomic mass is 9.86. The maximum absolute atomic E-state index is 5.98. The van der Waals surface area contributed by atoms with Gasteiger partial charge in [-0.25, -0.2) is 0 Å². The summed E-state index contributed by atoms with van der Waals surface area (Å²) in [5.41, 5.74) is 10.1. The van der Waals surface area contributed by atoms with Crippen LogP contribution in [0.1, 0.15) is 44.2 Å². The Bertz CT molecular complexity index is 344. The number of hydrogen-bond acceptors (Lipinski definition) is 1. The van der Waals surface area contributed by atoms with Gasteiger partial charge in [0.2, 0.25) is 0 Å². The predicted octanol–water partition coefficient (Wildman–Crippen LogP) is 3.48. The summed E-state index contributed by atoms with van der Waals surface area (Å²) < 4.78 is 0. The molecule has 0 aliphatic heterocycles. The number of nitrogen functional groups attached to an aromatic ring is 1. The van der Waals surface area contributed by atoms with Gasteiger partial charge in [-0.3, -0.25) is 0 Å². The van der Waals surface area contributed by atoms with Gasteiger partial charge in [-0.15, -0.1) is 12.4 Å². The van der Waals surface area contributed by atoms with Crippen LogP contribution in [0.5, 0.6) is 0 Å². The van der Waals surface area contributed by atoms with E-state index in [2.05, 4.69) is 32.9 Å². The fourth-order valence-corrected chi connectivity index (χ4v) is 2.70. The second kappa shape index (κ2) is 3.47. The van der Waals surface area contributed by atoms with Gasteiger partial charge in [0.05, 0.1) is 0 Å². The van der Waals surface area contributed by atoms with E-state index >= 15 is 0 Å². The van der Waals surface area contributed by atoms with E-state index in [4.69, 9.17) is 5.73 Å². The van der Waals surface area contributed by atoms with Crippen LogP contribution >= 0.6 is 12.4 Å². The summed E-state index contributed by atoms with van der Waals surface area (Å²) in [7, 11) is 0. The van der Waals surface area contributed by atoms with Crippen LogP contribution in [0.25, 0.3) is 0 Å². The molecule has 1 nitrogen and oxygen atoms in total. The van der Waals surface area contributed by atoms with Crippen molar-refractivity contribution in [1.82, 2.24) is 0 Å². The number of fused-ring (bicyclic) bond motifs is 1. The normalized spacial score (nSPS) is 22.6. The molecule has 2 rings (SSSR count). The molecule has 1 atom stereocenters. The van der Waals surface area contributed by atoms with E-state index in [0.717, 1.165) is 5.69 Å². The van der Waals surface area contributed by atoms with Crippen LogP contribution < -0.4 is 5.73 Å². The Morgan fingerprint density at radius 3 is 2.57 bits per heavy atom. The molecule has 0 heterocycles. The monoisotopic (exact) mass is 211 g/mol. The molecule has 0 saturated heterocycles. The number of hydrogen-bond donors (Lipinski definition) is 1. The highest BCUT2D eigenvalue weighted by atomic mass is 35.5. The summed E-state index contributed by atoms with van der Waals surface area (Å²) in [5.74, 6) is 0.617. The van der Waals surface area contributed by atoms with Gasteiger partial charge < -0.3 is 5.73 Å². The molecule has 1 unspecified atom stereocenters. The Labute approximate surface area is 92.1 Å².